The van der Waals surface area contributed by atoms with E-state index in [1.807, 2.05) is 6.92 Å². The van der Waals surface area contributed by atoms with Crippen LogP contribution in [-0.4, -0.2) is 75.3 Å². The average molecular weight is 512 g/mol. The van der Waals surface area contributed by atoms with Crippen molar-refractivity contribution in [2.45, 2.75) is 44.0 Å². The molecule has 1 unspecified atom stereocenters. The molecule has 1 aromatic heterocycles. The van der Waals surface area contributed by atoms with Gasteiger partial charge in [0.15, 0.2) is 10.8 Å². The lowest BCUT2D eigenvalue weighted by molar-refractivity contribution is -0.150. The molecule has 0 bridgehead atoms. The lowest BCUT2D eigenvalue weighted by atomic mass is 10.0. The highest BCUT2D eigenvalue weighted by atomic mass is 32.2. The summed E-state index contributed by atoms with van der Waals surface area (Å²) in [6.45, 7) is 1.81. The number of hydrogen-bond donors (Lipinski definition) is 3. The van der Waals surface area contributed by atoms with Crippen LogP contribution in [0.25, 0.3) is 0 Å². The highest BCUT2D eigenvalue weighted by Gasteiger charge is 2.54. The van der Waals surface area contributed by atoms with E-state index < -0.39 is 35.2 Å². The summed E-state index contributed by atoms with van der Waals surface area (Å²) in [5.41, 5.74) is 5.75. The lowest BCUT2D eigenvalue weighted by Gasteiger charge is -2.49. The van der Waals surface area contributed by atoms with Crippen molar-refractivity contribution in [1.82, 2.24) is 15.2 Å². The van der Waals surface area contributed by atoms with Crippen molar-refractivity contribution < 1.29 is 33.9 Å². The molecule has 0 radical (unpaired) electrons. The first kappa shape index (κ1) is 25.5. The maximum absolute atomic E-state index is 12.8. The first-order chi connectivity index (χ1) is 16.3. The number of nitrogens with two attached hydrogens (primary N) is 1. The molecule has 0 spiro atoms. The summed E-state index contributed by atoms with van der Waals surface area (Å²) < 4.78 is 5.23. The van der Waals surface area contributed by atoms with Crippen molar-refractivity contribution in [2.75, 3.05) is 25.2 Å². The van der Waals surface area contributed by atoms with Crippen LogP contribution in [0.4, 0.5) is 5.13 Å². The Kier molecular flexibility index (Phi) is 8.50. The number of fused-ring (bicyclic) bond motifs is 1. The van der Waals surface area contributed by atoms with Gasteiger partial charge in [-0.3, -0.25) is 19.3 Å². The van der Waals surface area contributed by atoms with Crippen LogP contribution in [0.3, 0.4) is 0 Å². The SMILES string of the molecule is CCCCCC(=O)OCC1=C(C(=O)O)N2C(=O)C(NC(=O)C(=NOC)c3csc(N)n3)[C@H]2SC1. The van der Waals surface area contributed by atoms with Crippen LogP contribution >= 0.6 is 23.1 Å². The number of oxime groups is 1. The maximum Gasteiger partial charge on any atom is 0.352 e. The molecule has 2 aliphatic heterocycles. The summed E-state index contributed by atoms with van der Waals surface area (Å²) in [6, 6.07) is -0.969. The van der Waals surface area contributed by atoms with Gasteiger partial charge in [0.2, 0.25) is 0 Å². The number of nitrogens with one attached hydrogen (secondary N) is 1. The number of thiazole rings is 1. The topological polar surface area (TPSA) is 174 Å². The quantitative estimate of drug-likeness (QED) is 0.127. The van der Waals surface area contributed by atoms with Crippen LogP contribution in [0.1, 0.15) is 38.3 Å². The fourth-order valence-electron chi connectivity index (χ4n) is 3.46. The minimum Gasteiger partial charge on any atom is -0.477 e. The Bertz CT molecular complexity index is 1040. The maximum atomic E-state index is 12.8. The van der Waals surface area contributed by atoms with Crippen molar-refractivity contribution in [1.29, 1.82) is 0 Å². The number of thioether (sulfide) groups is 1. The molecule has 0 aliphatic carbocycles. The van der Waals surface area contributed by atoms with Gasteiger partial charge in [-0.25, -0.2) is 9.78 Å². The van der Waals surface area contributed by atoms with Gasteiger partial charge >= 0.3 is 11.9 Å². The molecule has 14 heteroatoms. The van der Waals surface area contributed by atoms with Crippen LogP contribution in [0, 0.1) is 0 Å². The van der Waals surface area contributed by atoms with E-state index >= 15 is 0 Å². The van der Waals surface area contributed by atoms with Gasteiger partial charge in [0.05, 0.1) is 0 Å². The number of nitrogens with zero attached hydrogens (tertiary/aromatic N) is 3. The van der Waals surface area contributed by atoms with Gasteiger partial charge in [0.25, 0.3) is 11.8 Å². The molecule has 12 nitrogen and oxygen atoms in total. The third-order valence-corrected chi connectivity index (χ3v) is 7.10. The number of amides is 2. The largest absolute Gasteiger partial charge is 0.477 e. The molecule has 2 amide bonds. The highest BCUT2D eigenvalue weighted by Crippen LogP contribution is 2.40. The first-order valence-electron chi connectivity index (χ1n) is 10.5. The minimum atomic E-state index is -1.31. The summed E-state index contributed by atoms with van der Waals surface area (Å²) in [7, 11) is 1.26. The fourth-order valence-corrected chi connectivity index (χ4v) is 5.33. The van der Waals surface area contributed by atoms with Crippen molar-refractivity contribution in [3.8, 4) is 0 Å². The normalized spacial score (nSPS) is 19.9. The number of carbonyl (C=O) groups excluding carboxylic acids is 3. The Labute approximate surface area is 203 Å². The van der Waals surface area contributed by atoms with E-state index in [4.69, 9.17) is 15.3 Å². The molecule has 4 N–H and O–H groups in total. The molecule has 2 aliphatic rings. The van der Waals surface area contributed by atoms with E-state index in [9.17, 15) is 24.3 Å². The third kappa shape index (κ3) is 5.50. The van der Waals surface area contributed by atoms with E-state index in [1.165, 1.54) is 24.3 Å². The predicted molar refractivity (Wildman–Crippen MR) is 125 cm³/mol. The third-order valence-electron chi connectivity index (χ3n) is 5.09. The molecule has 3 heterocycles. The highest BCUT2D eigenvalue weighted by molar-refractivity contribution is 8.00. The van der Waals surface area contributed by atoms with Gasteiger partial charge < -0.3 is 25.7 Å². The van der Waals surface area contributed by atoms with E-state index in [1.54, 1.807) is 0 Å². The Morgan fingerprint density at radius 3 is 2.76 bits per heavy atom. The zero-order valence-electron chi connectivity index (χ0n) is 18.6. The second-order valence-corrected chi connectivity index (χ2v) is 9.42. The molecule has 34 heavy (non-hydrogen) atoms. The van der Waals surface area contributed by atoms with Crippen molar-refractivity contribution >= 4 is 57.7 Å². The lowest BCUT2D eigenvalue weighted by Crippen LogP contribution is -2.71. The molecule has 0 saturated carbocycles. The van der Waals surface area contributed by atoms with Gasteiger partial charge in [0, 0.05) is 23.1 Å². The number of anilines is 1. The molecular formula is C20H25N5O7S2. The van der Waals surface area contributed by atoms with E-state index in [2.05, 4.69) is 15.5 Å². The summed E-state index contributed by atoms with van der Waals surface area (Å²) in [5.74, 6) is -2.79. The van der Waals surface area contributed by atoms with Crippen molar-refractivity contribution in [3.05, 3.63) is 22.3 Å². The van der Waals surface area contributed by atoms with E-state index in [-0.39, 0.29) is 41.0 Å². The van der Waals surface area contributed by atoms with Crippen LogP contribution in [0.5, 0.6) is 0 Å². The summed E-state index contributed by atoms with van der Waals surface area (Å²) in [4.78, 5) is 59.2. The number of aromatic nitrogens is 1. The molecule has 2 atom stereocenters. The number of unbranched alkanes of at least 4 members (excludes halogenated alkanes) is 2. The predicted octanol–water partition coefficient (Wildman–Crippen LogP) is 0.938. The van der Waals surface area contributed by atoms with Crippen LogP contribution in [0.15, 0.2) is 21.8 Å². The fraction of sp³-hybridized carbons (Fsp3) is 0.500. The van der Waals surface area contributed by atoms with Crippen LogP contribution in [0.2, 0.25) is 0 Å². The van der Waals surface area contributed by atoms with Crippen molar-refractivity contribution in [3.63, 3.8) is 0 Å². The molecule has 1 fully saturated rings. The van der Waals surface area contributed by atoms with Crippen LogP contribution in [-0.2, 0) is 28.8 Å². The summed E-state index contributed by atoms with van der Waals surface area (Å²) >= 11 is 2.38. The van der Waals surface area contributed by atoms with Gasteiger partial charge in [0.1, 0.15) is 36.5 Å². The number of β-lactam (4-membered cyclic amide) rings is 1. The Hall–Kier alpha value is -3.13. The second-order valence-electron chi connectivity index (χ2n) is 7.43. The molecular weight excluding hydrogens is 486 g/mol. The van der Waals surface area contributed by atoms with E-state index in [0.717, 1.165) is 29.1 Å². The smallest absolute Gasteiger partial charge is 0.352 e. The number of esters is 1. The molecule has 1 saturated heterocycles. The summed E-state index contributed by atoms with van der Waals surface area (Å²) in [5, 5.41) is 17.1. The molecule has 1 aromatic rings. The summed E-state index contributed by atoms with van der Waals surface area (Å²) in [6.07, 6.45) is 2.82. The van der Waals surface area contributed by atoms with Gasteiger partial charge in [-0.05, 0) is 6.42 Å². The number of carboxylic acid groups (broad SMARTS) is 1. The Morgan fingerprint density at radius 2 is 2.15 bits per heavy atom. The number of carbonyl (C=O) groups is 4. The first-order valence-corrected chi connectivity index (χ1v) is 12.4. The number of carboxylic acids is 1. The minimum absolute atomic E-state index is 0.160. The number of nitrogen functional groups attached to an aromatic ring is 1. The number of aliphatic carboxylic acids is 1. The van der Waals surface area contributed by atoms with Gasteiger partial charge in [-0.2, -0.15) is 0 Å². The monoisotopic (exact) mass is 511 g/mol. The Morgan fingerprint density at radius 1 is 1.38 bits per heavy atom. The van der Waals surface area contributed by atoms with E-state index in [0.29, 0.717) is 12.0 Å². The zero-order valence-corrected chi connectivity index (χ0v) is 20.2. The Balaban J connectivity index is 1.69. The number of rotatable bonds is 11. The van der Waals surface area contributed by atoms with Crippen molar-refractivity contribution in [2.24, 2.45) is 5.16 Å². The molecule has 3 rings (SSSR count). The average Bonchev–Trinajstić information content (AvgIpc) is 3.24. The van der Waals surface area contributed by atoms with Gasteiger partial charge in [-0.15, -0.1) is 23.1 Å². The van der Waals surface area contributed by atoms with Crippen LogP contribution < -0.4 is 11.1 Å². The second kappa shape index (κ2) is 11.3. The zero-order chi connectivity index (χ0) is 24.8. The number of ether oxygens (including phenoxy) is 1. The number of hydrogen-bond acceptors (Lipinski definition) is 11. The standard InChI is InChI=1S/C20H25N5O7S2/c1-3-4-5-6-12(26)32-7-10-8-33-18-14(17(28)25(18)15(10)19(29)30)23-16(27)13(24-31-2)11-9-34-20(21)22-11/h9,14,18H,3-8H2,1-2H3,(H2,21,22)(H,23,27)(H,29,30)/t14?,18-/m1/s1. The molecule has 0 aromatic carbocycles. The van der Waals surface area contributed by atoms with Gasteiger partial charge in [-0.1, -0.05) is 24.9 Å². The molecule has 184 valence electrons.